The molecular weight excluding hydrogens is 348 g/mol. The van der Waals surface area contributed by atoms with E-state index in [-0.39, 0.29) is 17.6 Å². The van der Waals surface area contributed by atoms with Crippen LogP contribution in [0.2, 0.25) is 0 Å². The van der Waals surface area contributed by atoms with Gasteiger partial charge in [-0.15, -0.1) is 11.3 Å². The van der Waals surface area contributed by atoms with Crippen LogP contribution in [0.4, 0.5) is 4.79 Å². The number of nitrogens with zero attached hydrogens (tertiary/aromatic N) is 3. The number of benzene rings is 1. The quantitative estimate of drug-likeness (QED) is 0.894. The van der Waals surface area contributed by atoms with Crippen molar-refractivity contribution in [2.24, 2.45) is 5.73 Å². The molecule has 1 unspecified atom stereocenters. The van der Waals surface area contributed by atoms with E-state index in [4.69, 9.17) is 10.5 Å². The number of thiazole rings is 1. The predicted octanol–water partition coefficient (Wildman–Crippen LogP) is 3.34. The largest absolute Gasteiger partial charge is 0.444 e. The number of hydrogen-bond acceptors (Lipinski definition) is 6. The minimum Gasteiger partial charge on any atom is -0.444 e. The SMILES string of the molecule is CC(C)(C)N1CC(c2cccc(-c3nccs3)c2C#N)[C@H](OC(N)=O)C1. The Hall–Kier alpha value is -2.43. The molecule has 6 nitrogen and oxygen atoms in total. The summed E-state index contributed by atoms with van der Waals surface area (Å²) in [7, 11) is 0. The molecule has 3 rings (SSSR count). The van der Waals surface area contributed by atoms with Crippen molar-refractivity contribution in [1.82, 2.24) is 9.88 Å². The van der Waals surface area contributed by atoms with Crippen molar-refractivity contribution in [2.75, 3.05) is 13.1 Å². The summed E-state index contributed by atoms with van der Waals surface area (Å²) in [5.74, 6) is -0.115. The first kappa shape index (κ1) is 18.4. The summed E-state index contributed by atoms with van der Waals surface area (Å²) >= 11 is 1.50. The van der Waals surface area contributed by atoms with E-state index in [2.05, 4.69) is 36.7 Å². The molecule has 136 valence electrons. The van der Waals surface area contributed by atoms with Crippen LogP contribution in [0.25, 0.3) is 10.6 Å². The maximum absolute atomic E-state index is 11.4. The Bertz CT molecular complexity index is 836. The summed E-state index contributed by atoms with van der Waals surface area (Å²) in [6, 6.07) is 8.10. The third kappa shape index (κ3) is 3.57. The van der Waals surface area contributed by atoms with Gasteiger partial charge in [0.1, 0.15) is 17.2 Å². The number of rotatable bonds is 3. The van der Waals surface area contributed by atoms with Crippen molar-refractivity contribution in [3.05, 3.63) is 40.9 Å². The molecule has 1 aliphatic rings. The van der Waals surface area contributed by atoms with Crippen LogP contribution in [0.15, 0.2) is 29.8 Å². The summed E-state index contributed by atoms with van der Waals surface area (Å²) in [5.41, 5.74) is 7.49. The van der Waals surface area contributed by atoms with E-state index in [9.17, 15) is 10.1 Å². The van der Waals surface area contributed by atoms with Crippen LogP contribution in [0.3, 0.4) is 0 Å². The maximum Gasteiger partial charge on any atom is 0.404 e. The van der Waals surface area contributed by atoms with E-state index in [0.717, 1.165) is 16.1 Å². The molecule has 1 aromatic heterocycles. The van der Waals surface area contributed by atoms with Gasteiger partial charge in [-0.05, 0) is 26.3 Å². The van der Waals surface area contributed by atoms with Crippen molar-refractivity contribution in [1.29, 1.82) is 5.26 Å². The van der Waals surface area contributed by atoms with Gasteiger partial charge in [-0.1, -0.05) is 18.2 Å². The molecule has 0 aliphatic carbocycles. The highest BCUT2D eigenvalue weighted by atomic mass is 32.1. The second-order valence-corrected chi connectivity index (χ2v) is 8.27. The molecular formula is C19H22N4O2S. The van der Waals surface area contributed by atoms with Crippen molar-refractivity contribution in [3.63, 3.8) is 0 Å². The molecule has 1 amide bonds. The topological polar surface area (TPSA) is 92.2 Å². The molecule has 26 heavy (non-hydrogen) atoms. The number of likely N-dealkylation sites (tertiary alicyclic amines) is 1. The summed E-state index contributed by atoms with van der Waals surface area (Å²) in [5, 5.41) is 12.5. The Balaban J connectivity index is 2.04. The zero-order chi connectivity index (χ0) is 18.9. The predicted molar refractivity (Wildman–Crippen MR) is 101 cm³/mol. The Kier molecular flexibility index (Phi) is 4.99. The van der Waals surface area contributed by atoms with E-state index < -0.39 is 6.09 Å². The van der Waals surface area contributed by atoms with Gasteiger partial charge in [-0.2, -0.15) is 5.26 Å². The highest BCUT2D eigenvalue weighted by molar-refractivity contribution is 7.13. The van der Waals surface area contributed by atoms with E-state index in [1.165, 1.54) is 11.3 Å². The molecule has 0 saturated carbocycles. The minimum atomic E-state index is -0.787. The van der Waals surface area contributed by atoms with Gasteiger partial charge in [0.15, 0.2) is 0 Å². The second kappa shape index (κ2) is 7.06. The highest BCUT2D eigenvalue weighted by Crippen LogP contribution is 2.38. The molecule has 0 radical (unpaired) electrons. The fourth-order valence-corrected chi connectivity index (χ4v) is 4.10. The van der Waals surface area contributed by atoms with Gasteiger partial charge >= 0.3 is 6.09 Å². The summed E-state index contributed by atoms with van der Waals surface area (Å²) in [6.07, 6.45) is 0.555. The average Bonchev–Trinajstić information content (AvgIpc) is 3.22. The van der Waals surface area contributed by atoms with E-state index in [0.29, 0.717) is 18.7 Å². The molecule has 0 bridgehead atoms. The van der Waals surface area contributed by atoms with Crippen molar-refractivity contribution < 1.29 is 9.53 Å². The zero-order valence-electron chi connectivity index (χ0n) is 15.1. The first-order valence-corrected chi connectivity index (χ1v) is 9.33. The van der Waals surface area contributed by atoms with Crippen LogP contribution in [-0.2, 0) is 4.74 Å². The standard InChI is InChI=1S/C19H22N4O2S/c1-19(2,3)23-10-15(16(11-23)25-18(21)24)12-5-4-6-13(14(12)9-20)17-22-7-8-26-17/h4-8,15-16H,10-11H2,1-3H3,(H2,21,24)/t15?,16-/m1/s1. The zero-order valence-corrected chi connectivity index (χ0v) is 15.9. The first-order valence-electron chi connectivity index (χ1n) is 8.45. The van der Waals surface area contributed by atoms with Crippen LogP contribution >= 0.6 is 11.3 Å². The average molecular weight is 370 g/mol. The Morgan fingerprint density at radius 3 is 2.77 bits per heavy atom. The number of amides is 1. The van der Waals surface area contributed by atoms with Gasteiger partial charge in [0.25, 0.3) is 0 Å². The van der Waals surface area contributed by atoms with Crippen molar-refractivity contribution in [2.45, 2.75) is 38.3 Å². The van der Waals surface area contributed by atoms with Gasteiger partial charge in [0.2, 0.25) is 0 Å². The van der Waals surface area contributed by atoms with Crippen LogP contribution in [0, 0.1) is 11.3 Å². The Morgan fingerprint density at radius 1 is 1.42 bits per heavy atom. The number of nitrogens with two attached hydrogens (primary N) is 1. The molecule has 1 fully saturated rings. The number of carbonyl (C=O) groups is 1. The third-order valence-corrected chi connectivity index (χ3v) is 5.56. The van der Waals surface area contributed by atoms with Gasteiger partial charge in [-0.25, -0.2) is 9.78 Å². The molecule has 1 aliphatic heterocycles. The lowest BCUT2D eigenvalue weighted by atomic mass is 9.89. The number of primary amides is 1. The fourth-order valence-electron chi connectivity index (χ4n) is 3.43. The monoisotopic (exact) mass is 370 g/mol. The number of ether oxygens (including phenoxy) is 1. The van der Waals surface area contributed by atoms with E-state index >= 15 is 0 Å². The summed E-state index contributed by atoms with van der Waals surface area (Å²) in [6.45, 7) is 7.64. The second-order valence-electron chi connectivity index (χ2n) is 7.38. The van der Waals surface area contributed by atoms with Gasteiger partial charge in [-0.3, -0.25) is 4.90 Å². The first-order chi connectivity index (χ1) is 12.3. The normalized spacial score (nSPS) is 20.7. The van der Waals surface area contributed by atoms with Crippen LogP contribution in [0.1, 0.15) is 37.8 Å². The van der Waals surface area contributed by atoms with Crippen LogP contribution in [0.5, 0.6) is 0 Å². The number of aromatic nitrogens is 1. The highest BCUT2D eigenvalue weighted by Gasteiger charge is 2.41. The van der Waals surface area contributed by atoms with E-state index in [1.807, 2.05) is 23.6 Å². The van der Waals surface area contributed by atoms with Gasteiger partial charge in [0, 0.05) is 41.7 Å². The van der Waals surface area contributed by atoms with Crippen molar-refractivity contribution >= 4 is 17.4 Å². The Morgan fingerprint density at radius 2 is 2.19 bits per heavy atom. The van der Waals surface area contributed by atoms with Gasteiger partial charge in [0.05, 0.1) is 5.56 Å². The molecule has 1 aromatic carbocycles. The van der Waals surface area contributed by atoms with Crippen molar-refractivity contribution in [3.8, 4) is 16.6 Å². The molecule has 0 spiro atoms. The molecule has 2 atom stereocenters. The van der Waals surface area contributed by atoms with Crippen LogP contribution in [-0.4, -0.2) is 40.7 Å². The third-order valence-electron chi connectivity index (χ3n) is 4.75. The summed E-state index contributed by atoms with van der Waals surface area (Å²) in [4.78, 5) is 18.0. The number of carbonyl (C=O) groups excluding carboxylic acids is 1. The lowest BCUT2D eigenvalue weighted by molar-refractivity contribution is 0.0907. The molecule has 2 heterocycles. The smallest absolute Gasteiger partial charge is 0.404 e. The number of hydrogen-bond donors (Lipinski definition) is 1. The molecule has 7 heteroatoms. The molecule has 2 aromatic rings. The van der Waals surface area contributed by atoms with E-state index in [1.54, 1.807) is 6.20 Å². The Labute approximate surface area is 157 Å². The molecule has 1 saturated heterocycles. The lowest BCUT2D eigenvalue weighted by Gasteiger charge is -2.31. The maximum atomic E-state index is 11.4. The molecule has 2 N–H and O–H groups in total. The van der Waals surface area contributed by atoms with Crippen LogP contribution < -0.4 is 5.73 Å². The lowest BCUT2D eigenvalue weighted by Crippen LogP contribution is -2.40. The summed E-state index contributed by atoms with van der Waals surface area (Å²) < 4.78 is 5.41. The fraction of sp³-hybridized carbons (Fsp3) is 0.421. The minimum absolute atomic E-state index is 0.0757. The van der Waals surface area contributed by atoms with Gasteiger partial charge < -0.3 is 10.5 Å². The number of nitriles is 1.